The fourth-order valence-corrected chi connectivity index (χ4v) is 5.95. The Morgan fingerprint density at radius 2 is 1.82 bits per heavy atom. The Morgan fingerprint density at radius 3 is 2.52 bits per heavy atom. The minimum absolute atomic E-state index is 0.149. The van der Waals surface area contributed by atoms with E-state index in [1.54, 1.807) is 16.9 Å². The van der Waals surface area contributed by atoms with Crippen molar-refractivity contribution in [1.29, 1.82) is 0 Å². The van der Waals surface area contributed by atoms with Crippen LogP contribution in [0.3, 0.4) is 0 Å². The van der Waals surface area contributed by atoms with Crippen molar-refractivity contribution >= 4 is 29.3 Å². The Kier molecular flexibility index (Phi) is 5.37. The zero-order valence-corrected chi connectivity index (χ0v) is 19.2. The van der Waals surface area contributed by atoms with Crippen LogP contribution in [-0.4, -0.2) is 36.1 Å². The van der Waals surface area contributed by atoms with E-state index in [2.05, 4.69) is 0 Å². The second-order valence-corrected chi connectivity index (χ2v) is 9.50. The highest BCUT2D eigenvalue weighted by molar-refractivity contribution is 8.01. The van der Waals surface area contributed by atoms with Crippen molar-refractivity contribution in [3.05, 3.63) is 94.8 Å². The second-order valence-electron chi connectivity index (χ2n) is 8.22. The van der Waals surface area contributed by atoms with Gasteiger partial charge in [-0.25, -0.2) is 4.39 Å². The molecule has 5 rings (SSSR count). The summed E-state index contributed by atoms with van der Waals surface area (Å²) in [5.41, 5.74) is 4.03. The van der Waals surface area contributed by atoms with Crippen LogP contribution in [0.25, 0.3) is 0 Å². The van der Waals surface area contributed by atoms with Gasteiger partial charge in [-0.3, -0.25) is 9.59 Å². The molecule has 168 valence electrons. The van der Waals surface area contributed by atoms with E-state index in [0.717, 1.165) is 22.4 Å². The molecule has 1 spiro atoms. The maximum Gasteiger partial charge on any atom is 0.268 e. The summed E-state index contributed by atoms with van der Waals surface area (Å²) < 4.78 is 18.9. The summed E-state index contributed by atoms with van der Waals surface area (Å²) in [6, 6.07) is 19.1. The van der Waals surface area contributed by atoms with E-state index in [0.29, 0.717) is 30.2 Å². The molecule has 3 aromatic rings. The highest BCUT2D eigenvalue weighted by Crippen LogP contribution is 2.55. The number of hydrogen-bond donors (Lipinski definition) is 0. The molecule has 5 nitrogen and oxygen atoms in total. The Labute approximate surface area is 196 Å². The molecule has 1 fully saturated rings. The van der Waals surface area contributed by atoms with Gasteiger partial charge >= 0.3 is 0 Å². The zero-order chi connectivity index (χ0) is 23.2. The first-order chi connectivity index (χ1) is 15.9. The van der Waals surface area contributed by atoms with Crippen LogP contribution in [0.4, 0.5) is 10.1 Å². The number of benzene rings is 3. The standard InChI is InChI=1S/C26H23FN2O3S/c1-17-3-5-18(6-4-17)16-28-23-12-11-21(32-2)15-22(23)26(25(28)31)29(13-14-33-26)24(30)19-7-9-20(27)10-8-19/h3-12,15H,13-14,16H2,1-2H3/t26-/m0/s1. The van der Waals surface area contributed by atoms with Crippen molar-refractivity contribution in [3.63, 3.8) is 0 Å². The third-order valence-corrected chi connectivity index (χ3v) is 7.62. The number of carbonyl (C=O) groups is 2. The van der Waals surface area contributed by atoms with E-state index >= 15 is 0 Å². The summed E-state index contributed by atoms with van der Waals surface area (Å²) in [6.07, 6.45) is 0. The SMILES string of the molecule is COc1ccc2c(c1)[C@]1(SCCN1C(=O)c1ccc(F)cc1)C(=O)N2Cc1ccc(C)cc1. The summed E-state index contributed by atoms with van der Waals surface area (Å²) in [5, 5.41) is 0. The van der Waals surface area contributed by atoms with E-state index < -0.39 is 10.7 Å². The molecule has 0 unspecified atom stereocenters. The molecule has 0 radical (unpaired) electrons. The molecule has 1 atom stereocenters. The smallest absolute Gasteiger partial charge is 0.268 e. The van der Waals surface area contributed by atoms with Gasteiger partial charge in [0.05, 0.1) is 19.3 Å². The van der Waals surface area contributed by atoms with Crippen LogP contribution in [0, 0.1) is 12.7 Å². The molecule has 1 saturated heterocycles. The van der Waals surface area contributed by atoms with Gasteiger partial charge in [0.15, 0.2) is 4.87 Å². The van der Waals surface area contributed by atoms with Crippen molar-refractivity contribution in [2.75, 3.05) is 24.3 Å². The van der Waals surface area contributed by atoms with Crippen LogP contribution in [0.1, 0.15) is 27.0 Å². The van der Waals surface area contributed by atoms with Crippen molar-refractivity contribution in [2.24, 2.45) is 0 Å². The number of nitrogens with zero attached hydrogens (tertiary/aromatic N) is 2. The predicted molar refractivity (Wildman–Crippen MR) is 127 cm³/mol. The van der Waals surface area contributed by atoms with E-state index in [1.165, 1.54) is 36.0 Å². The molecular weight excluding hydrogens is 439 g/mol. The monoisotopic (exact) mass is 462 g/mol. The molecule has 2 amide bonds. The number of fused-ring (bicyclic) bond motifs is 2. The molecule has 2 aliphatic rings. The Morgan fingerprint density at radius 1 is 1.09 bits per heavy atom. The van der Waals surface area contributed by atoms with Crippen molar-refractivity contribution < 1.29 is 18.7 Å². The number of hydrogen-bond acceptors (Lipinski definition) is 4. The molecule has 2 aliphatic heterocycles. The average molecular weight is 463 g/mol. The third kappa shape index (κ3) is 3.47. The summed E-state index contributed by atoms with van der Waals surface area (Å²) in [6.45, 7) is 2.84. The summed E-state index contributed by atoms with van der Waals surface area (Å²) in [5.74, 6) is 0.394. The van der Waals surface area contributed by atoms with Gasteiger partial charge in [-0.1, -0.05) is 29.8 Å². The number of halogens is 1. The number of carbonyl (C=O) groups excluding carboxylic acids is 2. The van der Waals surface area contributed by atoms with Gasteiger partial charge in [-0.15, -0.1) is 11.8 Å². The molecule has 7 heteroatoms. The Hall–Kier alpha value is -3.32. The maximum atomic E-state index is 14.1. The first kappa shape index (κ1) is 21.5. The lowest BCUT2D eigenvalue weighted by Gasteiger charge is -2.33. The van der Waals surface area contributed by atoms with Gasteiger partial charge < -0.3 is 14.5 Å². The average Bonchev–Trinajstić information content (AvgIpc) is 3.37. The highest BCUT2D eigenvalue weighted by atomic mass is 32.2. The molecule has 2 heterocycles. The number of methoxy groups -OCH3 is 1. The summed E-state index contributed by atoms with van der Waals surface area (Å²) in [7, 11) is 1.58. The molecular formula is C26H23FN2O3S. The maximum absolute atomic E-state index is 14.1. The highest BCUT2D eigenvalue weighted by Gasteiger charge is 2.59. The van der Waals surface area contributed by atoms with E-state index in [-0.39, 0.29) is 11.8 Å². The molecule has 0 N–H and O–H groups in total. The van der Waals surface area contributed by atoms with Gasteiger partial charge in [0.1, 0.15) is 11.6 Å². The van der Waals surface area contributed by atoms with Gasteiger partial charge in [0.2, 0.25) is 0 Å². The largest absolute Gasteiger partial charge is 0.497 e. The van der Waals surface area contributed by atoms with Gasteiger partial charge in [-0.05, 0) is 55.0 Å². The van der Waals surface area contributed by atoms with Crippen LogP contribution in [0.5, 0.6) is 5.75 Å². The number of amides is 2. The second kappa shape index (κ2) is 8.23. The molecule has 0 aromatic heterocycles. The zero-order valence-electron chi connectivity index (χ0n) is 18.4. The fourth-order valence-electron chi connectivity index (χ4n) is 4.50. The topological polar surface area (TPSA) is 49.9 Å². The minimum atomic E-state index is -1.18. The van der Waals surface area contributed by atoms with Crippen molar-refractivity contribution in [3.8, 4) is 5.75 Å². The van der Waals surface area contributed by atoms with Crippen molar-refractivity contribution in [1.82, 2.24) is 4.90 Å². The number of rotatable bonds is 4. The minimum Gasteiger partial charge on any atom is -0.497 e. The Balaban J connectivity index is 1.60. The lowest BCUT2D eigenvalue weighted by Crippen LogP contribution is -2.50. The summed E-state index contributed by atoms with van der Waals surface area (Å²) in [4.78, 5) is 29.8. The van der Waals surface area contributed by atoms with Gasteiger partial charge in [0, 0.05) is 23.4 Å². The first-order valence-electron chi connectivity index (χ1n) is 10.7. The molecule has 0 bridgehead atoms. The van der Waals surface area contributed by atoms with Crippen LogP contribution >= 0.6 is 11.8 Å². The molecule has 0 saturated carbocycles. The Bertz CT molecular complexity index is 1230. The predicted octanol–water partition coefficient (Wildman–Crippen LogP) is 4.73. The molecule has 33 heavy (non-hydrogen) atoms. The van der Waals surface area contributed by atoms with Gasteiger partial charge in [-0.2, -0.15) is 0 Å². The number of aryl methyl sites for hydroxylation is 1. The van der Waals surface area contributed by atoms with Gasteiger partial charge in [0.25, 0.3) is 11.8 Å². The fraction of sp³-hybridized carbons (Fsp3) is 0.231. The van der Waals surface area contributed by atoms with Crippen LogP contribution in [0.2, 0.25) is 0 Å². The van der Waals surface area contributed by atoms with Crippen LogP contribution in [-0.2, 0) is 16.2 Å². The number of thioether (sulfide) groups is 1. The molecule has 0 aliphatic carbocycles. The number of ether oxygens (including phenoxy) is 1. The normalized spacial score (nSPS) is 19.3. The number of anilines is 1. The van der Waals surface area contributed by atoms with Crippen molar-refractivity contribution in [2.45, 2.75) is 18.3 Å². The van der Waals surface area contributed by atoms with Crippen LogP contribution < -0.4 is 9.64 Å². The lowest BCUT2D eigenvalue weighted by atomic mass is 10.0. The summed E-state index contributed by atoms with van der Waals surface area (Å²) >= 11 is 1.46. The quantitative estimate of drug-likeness (QED) is 0.563. The lowest BCUT2D eigenvalue weighted by molar-refractivity contribution is -0.123. The third-order valence-electron chi connectivity index (χ3n) is 6.20. The first-order valence-corrected chi connectivity index (χ1v) is 11.7. The van der Waals surface area contributed by atoms with E-state index in [1.807, 2.05) is 49.4 Å². The van der Waals surface area contributed by atoms with E-state index in [9.17, 15) is 14.0 Å². The van der Waals surface area contributed by atoms with Crippen LogP contribution in [0.15, 0.2) is 66.7 Å². The van der Waals surface area contributed by atoms with E-state index in [4.69, 9.17) is 4.74 Å². The molecule has 3 aromatic carbocycles.